The monoisotopic (exact) mass is 262 g/mol. The van der Waals surface area contributed by atoms with Gasteiger partial charge in [0, 0.05) is 12.1 Å². The van der Waals surface area contributed by atoms with Crippen molar-refractivity contribution in [2.75, 3.05) is 0 Å². The molecule has 0 amide bonds. The Hall–Kier alpha value is -1.62. The van der Waals surface area contributed by atoms with Crippen molar-refractivity contribution in [2.24, 2.45) is 0 Å². The zero-order valence-electron chi connectivity index (χ0n) is 10.1. The maximum Gasteiger partial charge on any atom is 0.282 e. The van der Waals surface area contributed by atoms with Crippen LogP contribution in [0.15, 0.2) is 41.4 Å². The minimum absolute atomic E-state index is 0.276. The third kappa shape index (κ3) is 1.95. The summed E-state index contributed by atoms with van der Waals surface area (Å²) in [6.45, 7) is 1.93. The van der Waals surface area contributed by atoms with Crippen molar-refractivity contribution in [3.63, 3.8) is 0 Å². The molecule has 1 aliphatic rings. The lowest BCUT2D eigenvalue weighted by Gasteiger charge is -2.04. The van der Waals surface area contributed by atoms with Crippen molar-refractivity contribution in [3.8, 4) is 0 Å². The van der Waals surface area contributed by atoms with Crippen LogP contribution in [0.2, 0.25) is 0 Å². The molecule has 1 aromatic carbocycles. The molecule has 0 saturated heterocycles. The molecule has 18 heavy (non-hydrogen) atoms. The van der Waals surface area contributed by atoms with Gasteiger partial charge in [-0.3, -0.25) is 0 Å². The van der Waals surface area contributed by atoms with E-state index in [0.717, 1.165) is 28.2 Å². The molecule has 94 valence electrons. The van der Waals surface area contributed by atoms with Gasteiger partial charge in [-0.05, 0) is 38.0 Å². The fourth-order valence-electron chi connectivity index (χ4n) is 1.87. The van der Waals surface area contributed by atoms with Crippen LogP contribution in [-0.2, 0) is 10.0 Å². The number of hydrogen-bond acceptors (Lipinski definition) is 3. The Morgan fingerprint density at radius 3 is 2.44 bits per heavy atom. The predicted octanol–water partition coefficient (Wildman–Crippen LogP) is 2.31. The Morgan fingerprint density at radius 2 is 1.83 bits per heavy atom. The first-order chi connectivity index (χ1) is 8.57. The lowest BCUT2D eigenvalue weighted by Crippen LogP contribution is -2.13. The summed E-state index contributed by atoms with van der Waals surface area (Å²) in [6, 6.07) is 8.60. The summed E-state index contributed by atoms with van der Waals surface area (Å²) >= 11 is 0. The smallest absolute Gasteiger partial charge is 0.199 e. The van der Waals surface area contributed by atoms with Crippen molar-refractivity contribution in [1.82, 2.24) is 9.19 Å². The number of aryl methyl sites for hydroxylation is 1. The summed E-state index contributed by atoms with van der Waals surface area (Å²) in [6.07, 6.45) is 3.76. The SMILES string of the molecule is Cc1ccc(S(=O)(=O)n2ccc(C3CC3)n2)cc1. The maximum atomic E-state index is 12.3. The largest absolute Gasteiger partial charge is 0.282 e. The van der Waals surface area contributed by atoms with Crippen LogP contribution in [0.4, 0.5) is 0 Å². The van der Waals surface area contributed by atoms with Crippen molar-refractivity contribution in [3.05, 3.63) is 47.8 Å². The molecule has 4 nitrogen and oxygen atoms in total. The standard InChI is InChI=1S/C13H14N2O2S/c1-10-2-6-12(7-3-10)18(16,17)15-9-8-13(14-15)11-4-5-11/h2-3,6-9,11H,4-5H2,1H3. The number of rotatable bonds is 3. The van der Waals surface area contributed by atoms with Crippen LogP contribution in [0, 0.1) is 6.92 Å². The predicted molar refractivity (Wildman–Crippen MR) is 68.0 cm³/mol. The van der Waals surface area contributed by atoms with Gasteiger partial charge < -0.3 is 0 Å². The molecule has 1 saturated carbocycles. The topological polar surface area (TPSA) is 52.0 Å². The van der Waals surface area contributed by atoms with Crippen molar-refractivity contribution in [1.29, 1.82) is 0 Å². The molecule has 1 fully saturated rings. The van der Waals surface area contributed by atoms with Crippen LogP contribution < -0.4 is 0 Å². The molecule has 5 heteroatoms. The highest BCUT2D eigenvalue weighted by Crippen LogP contribution is 2.39. The zero-order valence-corrected chi connectivity index (χ0v) is 10.9. The first-order valence-electron chi connectivity index (χ1n) is 5.95. The first kappa shape index (κ1) is 11.5. The maximum absolute atomic E-state index is 12.3. The Morgan fingerprint density at radius 1 is 1.17 bits per heavy atom. The van der Waals surface area contributed by atoms with E-state index in [9.17, 15) is 8.42 Å². The van der Waals surface area contributed by atoms with Gasteiger partial charge in [-0.15, -0.1) is 0 Å². The molecular formula is C13H14N2O2S. The second-order valence-electron chi connectivity index (χ2n) is 4.71. The number of benzene rings is 1. The quantitative estimate of drug-likeness (QED) is 0.853. The molecule has 1 heterocycles. The minimum Gasteiger partial charge on any atom is -0.199 e. The van der Waals surface area contributed by atoms with E-state index < -0.39 is 10.0 Å². The normalized spacial score (nSPS) is 15.8. The molecule has 2 aromatic rings. The molecule has 0 radical (unpaired) electrons. The summed E-state index contributed by atoms with van der Waals surface area (Å²) in [4.78, 5) is 0.276. The van der Waals surface area contributed by atoms with E-state index in [1.807, 2.05) is 6.92 Å². The molecule has 0 aliphatic heterocycles. The summed E-state index contributed by atoms with van der Waals surface area (Å²) < 4.78 is 25.7. The van der Waals surface area contributed by atoms with Crippen LogP contribution >= 0.6 is 0 Å². The van der Waals surface area contributed by atoms with Crippen LogP contribution in [-0.4, -0.2) is 17.6 Å². The van der Waals surface area contributed by atoms with Gasteiger partial charge >= 0.3 is 0 Å². The first-order valence-corrected chi connectivity index (χ1v) is 7.39. The van der Waals surface area contributed by atoms with E-state index in [4.69, 9.17) is 0 Å². The third-order valence-corrected chi connectivity index (χ3v) is 4.71. The fourth-order valence-corrected chi connectivity index (χ4v) is 2.99. The number of hydrogen-bond donors (Lipinski definition) is 0. The van der Waals surface area contributed by atoms with E-state index >= 15 is 0 Å². The van der Waals surface area contributed by atoms with E-state index in [1.54, 1.807) is 30.3 Å². The Labute approximate surface area is 106 Å². The van der Waals surface area contributed by atoms with Gasteiger partial charge in [0.2, 0.25) is 0 Å². The Kier molecular flexibility index (Phi) is 2.52. The molecule has 0 spiro atoms. The van der Waals surface area contributed by atoms with Gasteiger partial charge in [0.1, 0.15) is 0 Å². The van der Waals surface area contributed by atoms with Crippen molar-refractivity contribution >= 4 is 10.0 Å². The zero-order chi connectivity index (χ0) is 12.8. The molecule has 1 aromatic heterocycles. The average molecular weight is 262 g/mol. The third-order valence-electron chi connectivity index (χ3n) is 3.15. The number of aromatic nitrogens is 2. The lowest BCUT2D eigenvalue weighted by molar-refractivity contribution is 0.579. The second-order valence-corrected chi connectivity index (χ2v) is 6.50. The van der Waals surface area contributed by atoms with Crippen LogP contribution in [0.5, 0.6) is 0 Å². The second kappa shape index (κ2) is 3.95. The number of nitrogens with zero attached hydrogens (tertiary/aromatic N) is 2. The van der Waals surface area contributed by atoms with Crippen molar-refractivity contribution < 1.29 is 8.42 Å². The van der Waals surface area contributed by atoms with Gasteiger partial charge in [-0.2, -0.15) is 17.6 Å². The summed E-state index contributed by atoms with van der Waals surface area (Å²) in [5.41, 5.74) is 1.92. The van der Waals surface area contributed by atoms with Gasteiger partial charge in [-0.1, -0.05) is 17.7 Å². The highest BCUT2D eigenvalue weighted by atomic mass is 32.2. The van der Waals surface area contributed by atoms with E-state index in [1.165, 1.54) is 6.20 Å². The van der Waals surface area contributed by atoms with Gasteiger partial charge in [-0.25, -0.2) is 0 Å². The average Bonchev–Trinajstić information content (AvgIpc) is 3.07. The Balaban J connectivity index is 1.99. The molecule has 0 bridgehead atoms. The summed E-state index contributed by atoms with van der Waals surface area (Å²) in [5.74, 6) is 0.458. The molecule has 0 unspecified atom stereocenters. The highest BCUT2D eigenvalue weighted by molar-refractivity contribution is 7.89. The van der Waals surface area contributed by atoms with Crippen molar-refractivity contribution in [2.45, 2.75) is 30.6 Å². The lowest BCUT2D eigenvalue weighted by atomic mass is 10.2. The van der Waals surface area contributed by atoms with E-state index in [2.05, 4.69) is 5.10 Å². The van der Waals surface area contributed by atoms with Crippen LogP contribution in [0.1, 0.15) is 30.0 Å². The van der Waals surface area contributed by atoms with Crippen LogP contribution in [0.3, 0.4) is 0 Å². The Bertz CT molecular complexity index is 667. The summed E-state index contributed by atoms with van der Waals surface area (Å²) in [7, 11) is -3.54. The molecule has 3 rings (SSSR count). The fraction of sp³-hybridized carbons (Fsp3) is 0.308. The molecule has 0 N–H and O–H groups in total. The van der Waals surface area contributed by atoms with E-state index in [0.29, 0.717) is 5.92 Å². The summed E-state index contributed by atoms with van der Waals surface area (Å²) in [5, 5.41) is 4.17. The van der Waals surface area contributed by atoms with Gasteiger partial charge in [0.15, 0.2) is 0 Å². The minimum atomic E-state index is -3.54. The molecule has 0 atom stereocenters. The van der Waals surface area contributed by atoms with E-state index in [-0.39, 0.29) is 4.90 Å². The highest BCUT2D eigenvalue weighted by Gasteiger charge is 2.27. The van der Waals surface area contributed by atoms with Gasteiger partial charge in [0.25, 0.3) is 10.0 Å². The molecular weight excluding hydrogens is 248 g/mol. The van der Waals surface area contributed by atoms with Gasteiger partial charge in [0.05, 0.1) is 10.6 Å². The van der Waals surface area contributed by atoms with Crippen LogP contribution in [0.25, 0.3) is 0 Å². The molecule has 1 aliphatic carbocycles.